The highest BCUT2D eigenvalue weighted by atomic mass is 32.2. The van der Waals surface area contributed by atoms with Gasteiger partial charge in [-0.15, -0.1) is 0 Å². The molecule has 174 valence electrons. The van der Waals surface area contributed by atoms with E-state index in [0.29, 0.717) is 5.75 Å². The zero-order valence-electron chi connectivity index (χ0n) is 18.5. The maximum absolute atomic E-state index is 12.2. The number of aliphatic imine (C=N–C) groups is 1. The quantitative estimate of drug-likeness (QED) is 0.486. The summed E-state index contributed by atoms with van der Waals surface area (Å²) in [5, 5.41) is 2.94. The predicted octanol–water partition coefficient (Wildman–Crippen LogP) is 3.03. The fourth-order valence-electron chi connectivity index (χ4n) is 4.03. The summed E-state index contributed by atoms with van der Waals surface area (Å²) in [6.45, 7) is 2.62. The summed E-state index contributed by atoms with van der Waals surface area (Å²) < 4.78 is 35.2. The Kier molecular flexibility index (Phi) is 5.80. The molecule has 3 aliphatic rings. The van der Waals surface area contributed by atoms with Crippen LogP contribution < -0.4 is 10.1 Å². The molecular formula is C25H23N3O5S. The number of benzene rings is 2. The summed E-state index contributed by atoms with van der Waals surface area (Å²) in [5.74, 6) is 1.27. The molecular weight excluding hydrogens is 454 g/mol. The first-order chi connectivity index (χ1) is 16.4. The van der Waals surface area contributed by atoms with Gasteiger partial charge in [-0.2, -0.15) is 8.42 Å². The number of ether oxygens (including phenoxy) is 1. The third kappa shape index (κ3) is 4.40. The lowest BCUT2D eigenvalue weighted by molar-refractivity contribution is -0.115. The van der Waals surface area contributed by atoms with Crippen LogP contribution in [-0.2, 0) is 19.1 Å². The van der Waals surface area contributed by atoms with Crippen molar-refractivity contribution in [2.24, 2.45) is 4.99 Å². The molecule has 0 saturated carbocycles. The van der Waals surface area contributed by atoms with Crippen LogP contribution in [0.4, 0.5) is 0 Å². The Morgan fingerprint density at radius 3 is 2.56 bits per heavy atom. The molecule has 34 heavy (non-hydrogen) atoms. The highest BCUT2D eigenvalue weighted by molar-refractivity contribution is 7.86. The molecule has 0 saturated heterocycles. The first kappa shape index (κ1) is 22.1. The van der Waals surface area contributed by atoms with Gasteiger partial charge in [0.05, 0.1) is 10.6 Å². The lowest BCUT2D eigenvalue weighted by atomic mass is 10.1. The van der Waals surface area contributed by atoms with Crippen LogP contribution in [0.15, 0.2) is 93.7 Å². The monoisotopic (exact) mass is 477 g/mol. The molecule has 0 aliphatic carbocycles. The molecule has 5 rings (SSSR count). The zero-order valence-corrected chi connectivity index (χ0v) is 19.3. The normalized spacial score (nSPS) is 17.1. The second kappa shape index (κ2) is 8.92. The van der Waals surface area contributed by atoms with Gasteiger partial charge >= 0.3 is 0 Å². The Balaban J connectivity index is 1.21. The van der Waals surface area contributed by atoms with E-state index in [4.69, 9.17) is 8.92 Å². The number of nitrogens with zero attached hydrogens (tertiary/aromatic N) is 2. The highest BCUT2D eigenvalue weighted by Gasteiger charge is 2.32. The van der Waals surface area contributed by atoms with Gasteiger partial charge in [0.25, 0.3) is 10.1 Å². The van der Waals surface area contributed by atoms with Crippen LogP contribution in [0.2, 0.25) is 0 Å². The summed E-state index contributed by atoms with van der Waals surface area (Å²) in [7, 11) is -3.82. The number of carbonyl (C=O) groups is 1. The summed E-state index contributed by atoms with van der Waals surface area (Å²) in [5.41, 5.74) is 4.69. The van der Waals surface area contributed by atoms with Crippen molar-refractivity contribution in [3.8, 4) is 5.75 Å². The minimum Gasteiger partial charge on any atom is -0.491 e. The standard InChI is InChI=1S/C25H23N3O5S/c1-17-2-9-21(10-3-17)34(30,31)33-15-14-32-20-7-4-18(5-8-20)25-26-16-19-6-11-23(29)27-22-12-13-28(25)24(19)22/h2-11,16H,12-15H2,1H3,(H,27,29). The second-order valence-electron chi connectivity index (χ2n) is 8.05. The molecule has 0 bridgehead atoms. The Morgan fingerprint density at radius 1 is 1.03 bits per heavy atom. The molecule has 8 nitrogen and oxygen atoms in total. The van der Waals surface area contributed by atoms with Crippen molar-refractivity contribution in [2.45, 2.75) is 18.2 Å². The van der Waals surface area contributed by atoms with Crippen molar-refractivity contribution < 1.29 is 22.1 Å². The van der Waals surface area contributed by atoms with E-state index >= 15 is 0 Å². The van der Waals surface area contributed by atoms with Crippen LogP contribution in [0.5, 0.6) is 5.75 Å². The molecule has 3 aliphatic heterocycles. The molecule has 0 spiro atoms. The topological polar surface area (TPSA) is 97.3 Å². The molecule has 0 atom stereocenters. The largest absolute Gasteiger partial charge is 0.491 e. The van der Waals surface area contributed by atoms with Gasteiger partial charge in [-0.3, -0.25) is 8.98 Å². The van der Waals surface area contributed by atoms with E-state index in [1.807, 2.05) is 31.2 Å². The van der Waals surface area contributed by atoms with E-state index in [0.717, 1.165) is 46.9 Å². The highest BCUT2D eigenvalue weighted by Crippen LogP contribution is 2.34. The Hall–Kier alpha value is -3.69. The van der Waals surface area contributed by atoms with Crippen molar-refractivity contribution in [3.05, 3.63) is 95.0 Å². The molecule has 1 N–H and O–H groups in total. The van der Waals surface area contributed by atoms with E-state index < -0.39 is 10.1 Å². The number of hydrogen-bond donors (Lipinski definition) is 1. The molecule has 0 unspecified atom stereocenters. The smallest absolute Gasteiger partial charge is 0.297 e. The number of hydrogen-bond acceptors (Lipinski definition) is 7. The van der Waals surface area contributed by atoms with E-state index in [-0.39, 0.29) is 24.0 Å². The third-order valence-electron chi connectivity index (χ3n) is 5.70. The van der Waals surface area contributed by atoms with E-state index in [1.165, 1.54) is 18.2 Å². The molecule has 3 heterocycles. The minimum absolute atomic E-state index is 0.0892. The van der Waals surface area contributed by atoms with Crippen LogP contribution in [0.3, 0.4) is 0 Å². The van der Waals surface area contributed by atoms with Crippen LogP contribution >= 0.6 is 0 Å². The first-order valence-corrected chi connectivity index (χ1v) is 12.3. The van der Waals surface area contributed by atoms with E-state index in [2.05, 4.69) is 15.2 Å². The summed E-state index contributed by atoms with van der Waals surface area (Å²) in [6.07, 6.45) is 5.82. The van der Waals surface area contributed by atoms with Gasteiger partial charge in [0.15, 0.2) is 0 Å². The van der Waals surface area contributed by atoms with Crippen molar-refractivity contribution >= 4 is 21.9 Å². The average molecular weight is 478 g/mol. The average Bonchev–Trinajstić information content (AvgIpc) is 3.17. The fourth-order valence-corrected chi connectivity index (χ4v) is 4.92. The van der Waals surface area contributed by atoms with Gasteiger partial charge in [-0.05, 0) is 49.4 Å². The molecule has 0 radical (unpaired) electrons. The second-order valence-corrected chi connectivity index (χ2v) is 9.67. The number of amidine groups is 1. The molecule has 2 aromatic carbocycles. The van der Waals surface area contributed by atoms with Crippen molar-refractivity contribution in [3.63, 3.8) is 0 Å². The summed E-state index contributed by atoms with van der Waals surface area (Å²) in [6, 6.07) is 13.9. The molecule has 2 aromatic rings. The Labute approximate surface area is 198 Å². The van der Waals surface area contributed by atoms with Gasteiger partial charge in [0.1, 0.15) is 24.8 Å². The van der Waals surface area contributed by atoms with Crippen molar-refractivity contribution in [1.29, 1.82) is 0 Å². The lowest BCUT2D eigenvalue weighted by Crippen LogP contribution is -2.31. The SMILES string of the molecule is Cc1ccc(S(=O)(=O)OCCOc2ccc(C3=NC=C4C=CC(=O)NC5=C4N3CC5)cc2)cc1. The number of nitrogens with one attached hydrogen (secondary N) is 1. The first-order valence-electron chi connectivity index (χ1n) is 10.9. The number of aryl methyl sites for hydroxylation is 1. The summed E-state index contributed by atoms with van der Waals surface area (Å²) in [4.78, 5) is 18.7. The Bertz CT molecular complexity index is 1350. The van der Waals surface area contributed by atoms with Gasteiger partial charge in [-0.25, -0.2) is 4.99 Å². The Morgan fingerprint density at radius 2 is 1.79 bits per heavy atom. The van der Waals surface area contributed by atoms with Crippen molar-refractivity contribution in [1.82, 2.24) is 10.2 Å². The molecule has 9 heteroatoms. The number of rotatable bonds is 7. The lowest BCUT2D eigenvalue weighted by Gasteiger charge is -2.27. The zero-order chi connectivity index (χ0) is 23.7. The van der Waals surface area contributed by atoms with Gasteiger partial charge in [0.2, 0.25) is 5.91 Å². The number of amides is 1. The van der Waals surface area contributed by atoms with Crippen LogP contribution in [0, 0.1) is 6.92 Å². The van der Waals surface area contributed by atoms with Gasteiger partial charge in [-0.1, -0.05) is 17.7 Å². The van der Waals surface area contributed by atoms with E-state index in [9.17, 15) is 13.2 Å². The van der Waals surface area contributed by atoms with Crippen LogP contribution in [0.25, 0.3) is 0 Å². The van der Waals surface area contributed by atoms with Crippen LogP contribution in [0.1, 0.15) is 17.5 Å². The number of carbonyl (C=O) groups excluding carboxylic acids is 1. The maximum Gasteiger partial charge on any atom is 0.297 e. The molecule has 0 aromatic heterocycles. The third-order valence-corrected chi connectivity index (χ3v) is 7.02. The molecule has 1 amide bonds. The molecule has 0 fully saturated rings. The van der Waals surface area contributed by atoms with Crippen molar-refractivity contribution in [2.75, 3.05) is 19.8 Å². The van der Waals surface area contributed by atoms with E-state index in [1.54, 1.807) is 24.4 Å². The summed E-state index contributed by atoms with van der Waals surface area (Å²) >= 11 is 0. The minimum atomic E-state index is -3.82. The maximum atomic E-state index is 12.2. The van der Waals surface area contributed by atoms with Gasteiger partial charge < -0.3 is 15.0 Å². The fraction of sp³-hybridized carbons (Fsp3) is 0.200. The van der Waals surface area contributed by atoms with Crippen LogP contribution in [-0.4, -0.2) is 44.8 Å². The predicted molar refractivity (Wildman–Crippen MR) is 127 cm³/mol. The number of allylic oxidation sites excluding steroid dienone is 1. The van der Waals surface area contributed by atoms with Gasteiger partial charge in [0, 0.05) is 42.1 Å².